The average molecular weight is 506 g/mol. The fraction of sp³-hybridized carbons (Fsp3) is 0.417. The SMILES string of the molecule is CCOC(=O)N1CCN(C(=O)N(Cc2cc(OC)cc(OC)c2)S(=O)(=O)c2ccc(C)cc2)CC1. The van der Waals surface area contributed by atoms with Crippen molar-refractivity contribution < 1.29 is 32.2 Å². The summed E-state index contributed by atoms with van der Waals surface area (Å²) in [5.41, 5.74) is 1.42. The van der Waals surface area contributed by atoms with E-state index >= 15 is 0 Å². The predicted molar refractivity (Wildman–Crippen MR) is 129 cm³/mol. The van der Waals surface area contributed by atoms with Crippen LogP contribution in [0.5, 0.6) is 11.5 Å². The quantitative estimate of drug-likeness (QED) is 0.569. The van der Waals surface area contributed by atoms with Gasteiger partial charge in [0.25, 0.3) is 10.0 Å². The summed E-state index contributed by atoms with van der Waals surface area (Å²) in [5, 5.41) is 0. The number of carbonyl (C=O) groups is 2. The molecule has 0 saturated carbocycles. The summed E-state index contributed by atoms with van der Waals surface area (Å²) in [4.78, 5) is 28.5. The van der Waals surface area contributed by atoms with E-state index in [0.29, 0.717) is 17.1 Å². The number of hydrogen-bond acceptors (Lipinski definition) is 7. The van der Waals surface area contributed by atoms with E-state index < -0.39 is 22.1 Å². The van der Waals surface area contributed by atoms with Crippen LogP contribution in [0.2, 0.25) is 0 Å². The normalized spacial score (nSPS) is 13.8. The summed E-state index contributed by atoms with van der Waals surface area (Å²) in [6.07, 6.45) is -0.452. The van der Waals surface area contributed by atoms with E-state index in [1.54, 1.807) is 37.3 Å². The second kappa shape index (κ2) is 11.3. The van der Waals surface area contributed by atoms with Gasteiger partial charge in [-0.1, -0.05) is 17.7 Å². The molecule has 1 aliphatic heterocycles. The smallest absolute Gasteiger partial charge is 0.409 e. The second-order valence-electron chi connectivity index (χ2n) is 8.00. The molecular formula is C24H31N3O7S. The van der Waals surface area contributed by atoms with Gasteiger partial charge in [0, 0.05) is 32.2 Å². The lowest BCUT2D eigenvalue weighted by Gasteiger charge is -2.36. The number of ether oxygens (including phenoxy) is 3. The second-order valence-corrected chi connectivity index (χ2v) is 9.86. The van der Waals surface area contributed by atoms with Gasteiger partial charge in [-0.3, -0.25) is 0 Å². The average Bonchev–Trinajstić information content (AvgIpc) is 2.87. The van der Waals surface area contributed by atoms with Crippen LogP contribution in [-0.2, 0) is 21.3 Å². The van der Waals surface area contributed by atoms with E-state index in [2.05, 4.69) is 0 Å². The monoisotopic (exact) mass is 505 g/mol. The zero-order valence-electron chi connectivity index (χ0n) is 20.4. The highest BCUT2D eigenvalue weighted by Crippen LogP contribution is 2.27. The first-order valence-corrected chi connectivity index (χ1v) is 12.7. The summed E-state index contributed by atoms with van der Waals surface area (Å²) >= 11 is 0. The largest absolute Gasteiger partial charge is 0.497 e. The third kappa shape index (κ3) is 6.16. The number of nitrogens with zero attached hydrogens (tertiary/aromatic N) is 3. The third-order valence-corrected chi connectivity index (χ3v) is 7.37. The van der Waals surface area contributed by atoms with Crippen molar-refractivity contribution >= 4 is 22.1 Å². The maximum atomic E-state index is 13.6. The fourth-order valence-electron chi connectivity index (χ4n) is 3.67. The zero-order chi connectivity index (χ0) is 25.6. The van der Waals surface area contributed by atoms with E-state index in [1.807, 2.05) is 6.92 Å². The van der Waals surface area contributed by atoms with Gasteiger partial charge < -0.3 is 24.0 Å². The molecule has 190 valence electrons. The molecule has 2 aromatic rings. The van der Waals surface area contributed by atoms with Crippen LogP contribution in [0.3, 0.4) is 0 Å². The minimum atomic E-state index is -4.19. The number of methoxy groups -OCH3 is 2. The van der Waals surface area contributed by atoms with Crippen molar-refractivity contribution in [2.45, 2.75) is 25.3 Å². The number of rotatable bonds is 7. The summed E-state index contributed by atoms with van der Waals surface area (Å²) < 4.78 is 43.7. The van der Waals surface area contributed by atoms with Crippen LogP contribution >= 0.6 is 0 Å². The Kier molecular flexibility index (Phi) is 8.44. The van der Waals surface area contributed by atoms with E-state index in [-0.39, 0.29) is 44.2 Å². The Bertz CT molecular complexity index is 1120. The minimum absolute atomic E-state index is 0.0106. The Hall–Kier alpha value is -3.47. The highest BCUT2D eigenvalue weighted by Gasteiger charge is 2.35. The molecule has 0 spiro atoms. The molecule has 0 aromatic heterocycles. The first-order valence-electron chi connectivity index (χ1n) is 11.2. The van der Waals surface area contributed by atoms with Crippen LogP contribution in [0.25, 0.3) is 0 Å². The predicted octanol–water partition coefficient (Wildman–Crippen LogP) is 3.10. The Morgan fingerprint density at radius 1 is 0.914 bits per heavy atom. The number of piperazine rings is 1. The van der Waals surface area contributed by atoms with Gasteiger partial charge in [-0.25, -0.2) is 22.3 Å². The van der Waals surface area contributed by atoms with Gasteiger partial charge in [-0.2, -0.15) is 0 Å². The van der Waals surface area contributed by atoms with Crippen LogP contribution in [0.1, 0.15) is 18.1 Å². The van der Waals surface area contributed by atoms with Crippen LogP contribution < -0.4 is 9.47 Å². The summed E-state index contributed by atoms with van der Waals surface area (Å²) in [5.74, 6) is 0.949. The number of sulfonamides is 1. The lowest BCUT2D eigenvalue weighted by molar-refractivity contribution is 0.0822. The Labute approximate surface area is 206 Å². The van der Waals surface area contributed by atoms with E-state index in [1.165, 1.54) is 36.2 Å². The van der Waals surface area contributed by atoms with Gasteiger partial charge in [0.05, 0.1) is 32.3 Å². The highest BCUT2D eigenvalue weighted by molar-refractivity contribution is 7.89. The molecule has 1 fully saturated rings. The molecule has 0 unspecified atom stereocenters. The molecule has 0 radical (unpaired) electrons. The Morgan fingerprint density at radius 2 is 1.46 bits per heavy atom. The van der Waals surface area contributed by atoms with Gasteiger partial charge in [0.1, 0.15) is 11.5 Å². The Balaban J connectivity index is 1.92. The van der Waals surface area contributed by atoms with Crippen LogP contribution in [0, 0.1) is 6.92 Å². The number of benzene rings is 2. The number of carbonyl (C=O) groups excluding carboxylic acids is 2. The maximum Gasteiger partial charge on any atom is 0.409 e. The molecule has 0 atom stereocenters. The van der Waals surface area contributed by atoms with Gasteiger partial charge >= 0.3 is 12.1 Å². The van der Waals surface area contributed by atoms with Crippen molar-refractivity contribution in [3.05, 3.63) is 53.6 Å². The molecule has 1 aliphatic rings. The molecule has 3 amide bonds. The van der Waals surface area contributed by atoms with Crippen molar-refractivity contribution in [1.29, 1.82) is 0 Å². The van der Waals surface area contributed by atoms with E-state index in [9.17, 15) is 18.0 Å². The van der Waals surface area contributed by atoms with Crippen molar-refractivity contribution in [2.75, 3.05) is 47.0 Å². The first kappa shape index (κ1) is 26.1. The summed E-state index contributed by atoms with van der Waals surface area (Å²) in [7, 11) is -1.20. The van der Waals surface area contributed by atoms with Crippen LogP contribution in [-0.4, -0.2) is 81.7 Å². The molecule has 3 rings (SSSR count). The number of hydrogen-bond donors (Lipinski definition) is 0. The number of aryl methyl sites for hydroxylation is 1. The number of urea groups is 1. The van der Waals surface area contributed by atoms with Gasteiger partial charge in [0.2, 0.25) is 0 Å². The van der Waals surface area contributed by atoms with E-state index in [4.69, 9.17) is 14.2 Å². The molecule has 0 aliphatic carbocycles. The third-order valence-electron chi connectivity index (χ3n) is 5.64. The summed E-state index contributed by atoms with van der Waals surface area (Å²) in [6.45, 7) is 4.46. The van der Waals surface area contributed by atoms with Crippen LogP contribution in [0.4, 0.5) is 9.59 Å². The Morgan fingerprint density at radius 3 is 1.97 bits per heavy atom. The van der Waals surface area contributed by atoms with Crippen molar-refractivity contribution in [2.24, 2.45) is 0 Å². The minimum Gasteiger partial charge on any atom is -0.497 e. The zero-order valence-corrected chi connectivity index (χ0v) is 21.2. The molecular weight excluding hydrogens is 474 g/mol. The molecule has 1 heterocycles. The molecule has 1 saturated heterocycles. The molecule has 11 heteroatoms. The van der Waals surface area contributed by atoms with Crippen molar-refractivity contribution in [3.8, 4) is 11.5 Å². The molecule has 2 aromatic carbocycles. The molecule has 10 nitrogen and oxygen atoms in total. The maximum absolute atomic E-state index is 13.6. The van der Waals surface area contributed by atoms with E-state index in [0.717, 1.165) is 9.87 Å². The molecule has 0 bridgehead atoms. The molecule has 0 N–H and O–H groups in total. The topological polar surface area (TPSA) is 106 Å². The number of amides is 3. The highest BCUT2D eigenvalue weighted by atomic mass is 32.2. The molecule has 35 heavy (non-hydrogen) atoms. The van der Waals surface area contributed by atoms with Gasteiger partial charge in [-0.15, -0.1) is 0 Å². The van der Waals surface area contributed by atoms with Crippen molar-refractivity contribution in [1.82, 2.24) is 14.1 Å². The summed E-state index contributed by atoms with van der Waals surface area (Å²) in [6, 6.07) is 10.6. The standard InChI is InChI=1S/C24H31N3O7S/c1-5-34-24(29)26-12-10-25(11-13-26)23(28)27(35(30,31)22-8-6-18(2)7-9-22)17-19-14-20(32-3)16-21(15-19)33-4/h6-9,14-16H,5,10-13,17H2,1-4H3. The van der Waals surface area contributed by atoms with Crippen LogP contribution in [0.15, 0.2) is 47.4 Å². The lowest BCUT2D eigenvalue weighted by atomic mass is 10.2. The lowest BCUT2D eigenvalue weighted by Crippen LogP contribution is -2.54. The van der Waals surface area contributed by atoms with Gasteiger partial charge in [-0.05, 0) is 43.7 Å². The van der Waals surface area contributed by atoms with Gasteiger partial charge in [0.15, 0.2) is 0 Å². The first-order chi connectivity index (χ1) is 16.7. The fourth-order valence-corrected chi connectivity index (χ4v) is 5.04. The van der Waals surface area contributed by atoms with Crippen molar-refractivity contribution in [3.63, 3.8) is 0 Å².